The van der Waals surface area contributed by atoms with Crippen molar-refractivity contribution in [1.29, 1.82) is 0 Å². The molecule has 0 bridgehead atoms. The van der Waals surface area contributed by atoms with Crippen LogP contribution in [0, 0.1) is 6.92 Å². The molecule has 1 heterocycles. The van der Waals surface area contributed by atoms with E-state index in [0.717, 1.165) is 34.9 Å². The Kier molecular flexibility index (Phi) is 7.10. The number of rotatable bonds is 7. The van der Waals surface area contributed by atoms with Gasteiger partial charge in [-0.15, -0.1) is 0 Å². The Hall–Kier alpha value is -2.74. The number of ether oxygens (including phenoxy) is 1. The van der Waals surface area contributed by atoms with Gasteiger partial charge in [-0.1, -0.05) is 6.07 Å². The van der Waals surface area contributed by atoms with Gasteiger partial charge < -0.3 is 15.0 Å². The van der Waals surface area contributed by atoms with E-state index >= 15 is 0 Å². The lowest BCUT2D eigenvalue weighted by Gasteiger charge is -2.30. The molecular formula is C23H31N3O4S. The molecule has 0 unspecified atom stereocenters. The van der Waals surface area contributed by atoms with E-state index in [-0.39, 0.29) is 0 Å². The maximum absolute atomic E-state index is 13.0. The normalized spacial score (nSPS) is 15.3. The molecule has 2 aromatic carbocycles. The molecule has 8 heteroatoms. The Balaban J connectivity index is 1.80. The quantitative estimate of drug-likeness (QED) is 0.702. The van der Waals surface area contributed by atoms with Crippen molar-refractivity contribution >= 4 is 33.0 Å². The van der Waals surface area contributed by atoms with Crippen LogP contribution in [0.15, 0.2) is 42.5 Å². The van der Waals surface area contributed by atoms with Gasteiger partial charge in [-0.2, -0.15) is 0 Å². The van der Waals surface area contributed by atoms with Crippen molar-refractivity contribution in [2.75, 3.05) is 41.0 Å². The SMILES string of the molecule is COc1ccc(C)cc1N([C@@H](C)C(=O)Nc1ccc(N2CCCCC2)cc1)S(C)(=O)=O. The second-order valence-electron chi connectivity index (χ2n) is 7.99. The highest BCUT2D eigenvalue weighted by molar-refractivity contribution is 7.92. The number of carbonyl (C=O) groups is 1. The number of amides is 1. The van der Waals surface area contributed by atoms with Crippen molar-refractivity contribution in [1.82, 2.24) is 0 Å². The molecule has 1 aliphatic heterocycles. The van der Waals surface area contributed by atoms with E-state index < -0.39 is 22.0 Å². The summed E-state index contributed by atoms with van der Waals surface area (Å²) in [4.78, 5) is 15.3. The predicted octanol–water partition coefficient (Wildman–Crippen LogP) is 3.79. The van der Waals surface area contributed by atoms with Crippen LogP contribution < -0.4 is 19.3 Å². The summed E-state index contributed by atoms with van der Waals surface area (Å²) >= 11 is 0. The topological polar surface area (TPSA) is 79.0 Å². The van der Waals surface area contributed by atoms with Crippen molar-refractivity contribution in [3.63, 3.8) is 0 Å². The average molecular weight is 446 g/mol. The first-order chi connectivity index (χ1) is 14.7. The average Bonchev–Trinajstić information content (AvgIpc) is 2.74. The fourth-order valence-electron chi connectivity index (χ4n) is 3.91. The minimum absolute atomic E-state index is 0.341. The van der Waals surface area contributed by atoms with E-state index in [0.29, 0.717) is 17.1 Å². The Morgan fingerprint density at radius 2 is 1.74 bits per heavy atom. The lowest BCUT2D eigenvalue weighted by atomic mass is 10.1. The first-order valence-corrected chi connectivity index (χ1v) is 12.4. The van der Waals surface area contributed by atoms with Crippen LogP contribution in [0.25, 0.3) is 0 Å². The molecule has 31 heavy (non-hydrogen) atoms. The second-order valence-corrected chi connectivity index (χ2v) is 9.85. The van der Waals surface area contributed by atoms with Crippen molar-refractivity contribution in [3.05, 3.63) is 48.0 Å². The molecule has 0 spiro atoms. The van der Waals surface area contributed by atoms with Gasteiger partial charge in [-0.25, -0.2) is 8.42 Å². The summed E-state index contributed by atoms with van der Waals surface area (Å²) in [5.74, 6) is -0.0266. The van der Waals surface area contributed by atoms with Gasteiger partial charge in [-0.05, 0) is 75.1 Å². The second kappa shape index (κ2) is 9.60. The number of anilines is 3. The van der Waals surface area contributed by atoms with Gasteiger partial charge in [0.15, 0.2) is 0 Å². The summed E-state index contributed by atoms with van der Waals surface area (Å²) in [6.45, 7) is 5.52. The number of piperidine rings is 1. The third-order valence-corrected chi connectivity index (χ3v) is 6.74. The maximum atomic E-state index is 13.0. The molecule has 0 radical (unpaired) electrons. The Morgan fingerprint density at radius 3 is 2.32 bits per heavy atom. The summed E-state index contributed by atoms with van der Waals surface area (Å²) in [7, 11) is -2.26. The van der Waals surface area contributed by atoms with Crippen molar-refractivity contribution in [2.24, 2.45) is 0 Å². The fourth-order valence-corrected chi connectivity index (χ4v) is 5.08. The first-order valence-electron chi connectivity index (χ1n) is 10.5. The number of sulfonamides is 1. The van der Waals surface area contributed by atoms with Crippen LogP contribution in [-0.4, -0.2) is 46.8 Å². The Bertz CT molecular complexity index is 1020. The van der Waals surface area contributed by atoms with Crippen LogP contribution in [-0.2, 0) is 14.8 Å². The number of hydrogen-bond acceptors (Lipinski definition) is 5. The zero-order valence-corrected chi connectivity index (χ0v) is 19.4. The molecule has 1 atom stereocenters. The molecule has 168 valence electrons. The number of hydrogen-bond donors (Lipinski definition) is 1. The summed E-state index contributed by atoms with van der Waals surface area (Å²) in [5.41, 5.74) is 2.97. The highest BCUT2D eigenvalue weighted by Gasteiger charge is 2.31. The molecule has 2 aromatic rings. The van der Waals surface area contributed by atoms with Crippen LogP contribution in [0.1, 0.15) is 31.7 Å². The molecular weight excluding hydrogens is 414 g/mol. The van der Waals surface area contributed by atoms with Crippen LogP contribution in [0.5, 0.6) is 5.75 Å². The smallest absolute Gasteiger partial charge is 0.247 e. The molecule has 1 N–H and O–H groups in total. The Labute approximate surface area is 185 Å². The Morgan fingerprint density at radius 1 is 1.10 bits per heavy atom. The van der Waals surface area contributed by atoms with E-state index in [4.69, 9.17) is 4.74 Å². The van der Waals surface area contributed by atoms with Gasteiger partial charge in [0.1, 0.15) is 11.8 Å². The zero-order valence-electron chi connectivity index (χ0n) is 18.6. The molecule has 7 nitrogen and oxygen atoms in total. The van der Waals surface area contributed by atoms with Gasteiger partial charge in [0.05, 0.1) is 19.1 Å². The van der Waals surface area contributed by atoms with E-state index in [9.17, 15) is 13.2 Å². The molecule has 0 aromatic heterocycles. The highest BCUT2D eigenvalue weighted by atomic mass is 32.2. The molecule has 1 fully saturated rings. The molecule has 0 saturated carbocycles. The van der Waals surface area contributed by atoms with Crippen LogP contribution in [0.4, 0.5) is 17.1 Å². The van der Waals surface area contributed by atoms with E-state index in [1.807, 2.05) is 37.3 Å². The van der Waals surface area contributed by atoms with Gasteiger partial charge in [0.2, 0.25) is 15.9 Å². The highest BCUT2D eigenvalue weighted by Crippen LogP contribution is 2.33. The number of methoxy groups -OCH3 is 1. The number of nitrogens with one attached hydrogen (secondary N) is 1. The van der Waals surface area contributed by atoms with E-state index in [1.54, 1.807) is 19.1 Å². The van der Waals surface area contributed by atoms with Gasteiger partial charge in [0.25, 0.3) is 0 Å². The number of benzene rings is 2. The van der Waals surface area contributed by atoms with Gasteiger partial charge >= 0.3 is 0 Å². The molecule has 3 rings (SSSR count). The van der Waals surface area contributed by atoms with E-state index in [1.165, 1.54) is 26.4 Å². The largest absolute Gasteiger partial charge is 0.495 e. The van der Waals surface area contributed by atoms with Crippen molar-refractivity contribution in [2.45, 2.75) is 39.2 Å². The molecule has 1 amide bonds. The lowest BCUT2D eigenvalue weighted by Crippen LogP contribution is -2.45. The summed E-state index contributed by atoms with van der Waals surface area (Å²) < 4.78 is 31.7. The molecule has 0 aliphatic carbocycles. The standard InChI is InChI=1S/C23H31N3O4S/c1-17-8-13-22(30-3)21(16-17)26(31(4,28)29)18(2)23(27)24-19-9-11-20(12-10-19)25-14-6-5-7-15-25/h8-13,16,18H,5-7,14-15H2,1-4H3,(H,24,27)/t18-/m0/s1. The van der Waals surface area contributed by atoms with Crippen LogP contribution in [0.2, 0.25) is 0 Å². The first kappa shape index (κ1) is 22.9. The number of carbonyl (C=O) groups excluding carboxylic acids is 1. The summed E-state index contributed by atoms with van der Waals surface area (Å²) in [6, 6.07) is 12.0. The zero-order chi connectivity index (χ0) is 22.6. The summed E-state index contributed by atoms with van der Waals surface area (Å²) in [6.07, 6.45) is 4.75. The van der Waals surface area contributed by atoms with Crippen molar-refractivity contribution in [3.8, 4) is 5.75 Å². The van der Waals surface area contributed by atoms with Gasteiger partial charge in [0, 0.05) is 24.5 Å². The van der Waals surface area contributed by atoms with Crippen LogP contribution >= 0.6 is 0 Å². The number of nitrogens with zero attached hydrogens (tertiary/aromatic N) is 2. The monoisotopic (exact) mass is 445 g/mol. The van der Waals surface area contributed by atoms with Crippen LogP contribution in [0.3, 0.4) is 0 Å². The summed E-state index contributed by atoms with van der Waals surface area (Å²) in [5, 5.41) is 2.84. The minimum atomic E-state index is -3.74. The van der Waals surface area contributed by atoms with Crippen molar-refractivity contribution < 1.29 is 17.9 Å². The fraction of sp³-hybridized carbons (Fsp3) is 0.435. The van der Waals surface area contributed by atoms with E-state index in [2.05, 4.69) is 10.2 Å². The third-order valence-electron chi connectivity index (χ3n) is 5.52. The molecule has 1 aliphatic rings. The molecule has 1 saturated heterocycles. The third kappa shape index (κ3) is 5.50. The van der Waals surface area contributed by atoms with Gasteiger partial charge in [-0.3, -0.25) is 9.10 Å². The maximum Gasteiger partial charge on any atom is 0.247 e. The minimum Gasteiger partial charge on any atom is -0.495 e. The lowest BCUT2D eigenvalue weighted by molar-refractivity contribution is -0.116. The number of aryl methyl sites for hydroxylation is 1. The predicted molar refractivity (Wildman–Crippen MR) is 126 cm³/mol.